The summed E-state index contributed by atoms with van der Waals surface area (Å²) in [4.78, 5) is 14.4. The van der Waals surface area contributed by atoms with Crippen molar-refractivity contribution < 1.29 is 9.53 Å². The van der Waals surface area contributed by atoms with E-state index in [1.807, 2.05) is 4.90 Å². The molecule has 3 rings (SSSR count). The second-order valence-electron chi connectivity index (χ2n) is 5.74. The molecule has 1 amide bonds. The van der Waals surface area contributed by atoms with Crippen LogP contribution in [0.15, 0.2) is 0 Å². The molecule has 1 aliphatic heterocycles. The van der Waals surface area contributed by atoms with Crippen LogP contribution in [0.25, 0.3) is 0 Å². The first kappa shape index (κ1) is 10.6. The molecule has 90 valence electrons. The highest BCUT2D eigenvalue weighted by atomic mass is 16.5. The Morgan fingerprint density at radius 1 is 1.25 bits per heavy atom. The molecule has 1 saturated heterocycles. The lowest BCUT2D eigenvalue weighted by Crippen LogP contribution is -2.39. The van der Waals surface area contributed by atoms with Gasteiger partial charge in [0.25, 0.3) is 0 Å². The number of rotatable bonds is 1. The van der Waals surface area contributed by atoms with Crippen molar-refractivity contribution in [1.29, 1.82) is 0 Å². The normalized spacial score (nSPS) is 42.7. The summed E-state index contributed by atoms with van der Waals surface area (Å²) in [6, 6.07) is 0. The predicted octanol–water partition coefficient (Wildman–Crippen LogP) is 1.67. The van der Waals surface area contributed by atoms with E-state index in [0.29, 0.717) is 11.8 Å². The predicted molar refractivity (Wildman–Crippen MR) is 60.9 cm³/mol. The van der Waals surface area contributed by atoms with Gasteiger partial charge < -0.3 is 9.64 Å². The zero-order chi connectivity index (χ0) is 11.1. The largest absolute Gasteiger partial charge is 0.377 e. The van der Waals surface area contributed by atoms with Gasteiger partial charge in [-0.25, -0.2) is 0 Å². The second kappa shape index (κ2) is 4.02. The lowest BCUT2D eigenvalue weighted by atomic mass is 10.0. The summed E-state index contributed by atoms with van der Waals surface area (Å²) in [5.74, 6) is 2.54. The molecule has 0 aromatic carbocycles. The maximum atomic E-state index is 12.3. The average molecular weight is 223 g/mol. The highest BCUT2D eigenvalue weighted by molar-refractivity contribution is 5.79. The van der Waals surface area contributed by atoms with E-state index in [1.165, 1.54) is 6.42 Å². The minimum absolute atomic E-state index is 0.211. The fourth-order valence-corrected chi connectivity index (χ4v) is 3.37. The van der Waals surface area contributed by atoms with Crippen molar-refractivity contribution in [2.75, 3.05) is 19.7 Å². The summed E-state index contributed by atoms with van der Waals surface area (Å²) in [5.41, 5.74) is 0. The van der Waals surface area contributed by atoms with Crippen LogP contribution >= 0.6 is 0 Å². The quantitative estimate of drug-likeness (QED) is 0.676. The molecule has 16 heavy (non-hydrogen) atoms. The van der Waals surface area contributed by atoms with Crippen LogP contribution in [0, 0.1) is 17.8 Å². The van der Waals surface area contributed by atoms with Crippen LogP contribution in [0.5, 0.6) is 0 Å². The van der Waals surface area contributed by atoms with Crippen LogP contribution in [-0.2, 0) is 9.53 Å². The Morgan fingerprint density at radius 3 is 2.75 bits per heavy atom. The Kier molecular flexibility index (Phi) is 2.66. The molecular weight excluding hydrogens is 202 g/mol. The van der Waals surface area contributed by atoms with Crippen LogP contribution in [0.3, 0.4) is 0 Å². The highest BCUT2D eigenvalue weighted by Crippen LogP contribution is 2.54. The van der Waals surface area contributed by atoms with Gasteiger partial charge in [0.2, 0.25) is 5.91 Å². The van der Waals surface area contributed by atoms with Gasteiger partial charge in [-0.3, -0.25) is 4.79 Å². The van der Waals surface area contributed by atoms with Crippen LogP contribution in [-0.4, -0.2) is 36.6 Å². The van der Waals surface area contributed by atoms with E-state index in [2.05, 4.69) is 6.92 Å². The molecule has 3 nitrogen and oxygen atoms in total. The molecule has 3 aliphatic rings. The first-order chi connectivity index (χ1) is 7.74. The van der Waals surface area contributed by atoms with Gasteiger partial charge in [0.15, 0.2) is 0 Å². The lowest BCUT2D eigenvalue weighted by Gasteiger charge is -2.25. The van der Waals surface area contributed by atoms with Gasteiger partial charge in [0.05, 0.1) is 6.10 Å². The Balaban J connectivity index is 1.60. The Morgan fingerprint density at radius 2 is 2.00 bits per heavy atom. The number of fused-ring (bicyclic) bond motifs is 1. The van der Waals surface area contributed by atoms with Gasteiger partial charge >= 0.3 is 0 Å². The number of carbonyl (C=O) groups excluding carboxylic acids is 1. The lowest BCUT2D eigenvalue weighted by molar-refractivity contribution is -0.136. The van der Waals surface area contributed by atoms with Crippen LogP contribution < -0.4 is 0 Å². The molecule has 2 aliphatic carbocycles. The molecule has 0 aromatic rings. The SMILES string of the molecule is CC1CN(C(=O)C2CC3CC3C2)CCCO1. The van der Waals surface area contributed by atoms with Crippen molar-refractivity contribution in [3.8, 4) is 0 Å². The molecular formula is C13H21NO2. The number of amides is 1. The van der Waals surface area contributed by atoms with Crippen molar-refractivity contribution in [3.05, 3.63) is 0 Å². The number of hydrogen-bond donors (Lipinski definition) is 0. The van der Waals surface area contributed by atoms with Crippen LogP contribution in [0.2, 0.25) is 0 Å². The third-order valence-electron chi connectivity index (χ3n) is 4.36. The van der Waals surface area contributed by atoms with Crippen LogP contribution in [0.1, 0.15) is 32.6 Å². The van der Waals surface area contributed by atoms with Gasteiger partial charge in [-0.1, -0.05) is 0 Å². The van der Waals surface area contributed by atoms with Crippen molar-refractivity contribution in [1.82, 2.24) is 4.90 Å². The standard InChI is InChI=1S/C13H21NO2/c1-9-8-14(3-2-4-16-9)13(15)12-6-10-5-11(10)7-12/h9-12H,2-8H2,1H3. The van der Waals surface area contributed by atoms with Gasteiger partial charge in [0, 0.05) is 25.6 Å². The van der Waals surface area contributed by atoms with Gasteiger partial charge in [0.1, 0.15) is 0 Å². The minimum Gasteiger partial charge on any atom is -0.377 e. The van der Waals surface area contributed by atoms with E-state index in [-0.39, 0.29) is 6.10 Å². The zero-order valence-electron chi connectivity index (χ0n) is 10.0. The molecule has 0 N–H and O–H groups in total. The number of ether oxygens (including phenoxy) is 1. The van der Waals surface area contributed by atoms with E-state index in [9.17, 15) is 4.79 Å². The van der Waals surface area contributed by atoms with Crippen molar-refractivity contribution >= 4 is 5.91 Å². The average Bonchev–Trinajstić information content (AvgIpc) is 2.95. The Hall–Kier alpha value is -0.570. The van der Waals surface area contributed by atoms with E-state index in [0.717, 1.165) is 50.8 Å². The third kappa shape index (κ3) is 1.97. The summed E-state index contributed by atoms with van der Waals surface area (Å²) in [6.45, 7) is 4.57. The monoisotopic (exact) mass is 223 g/mol. The first-order valence-corrected chi connectivity index (χ1v) is 6.64. The van der Waals surface area contributed by atoms with E-state index in [4.69, 9.17) is 4.74 Å². The molecule has 3 unspecified atom stereocenters. The summed E-state index contributed by atoms with van der Waals surface area (Å²) >= 11 is 0. The molecule has 3 fully saturated rings. The van der Waals surface area contributed by atoms with Crippen molar-refractivity contribution in [3.63, 3.8) is 0 Å². The molecule has 2 saturated carbocycles. The zero-order valence-corrected chi connectivity index (χ0v) is 10.0. The highest BCUT2D eigenvalue weighted by Gasteiger charge is 2.48. The molecule has 1 heterocycles. The maximum absolute atomic E-state index is 12.3. The molecule has 3 heteroatoms. The second-order valence-corrected chi connectivity index (χ2v) is 5.74. The number of hydrogen-bond acceptors (Lipinski definition) is 2. The fourth-order valence-electron chi connectivity index (χ4n) is 3.37. The molecule has 0 radical (unpaired) electrons. The summed E-state index contributed by atoms with van der Waals surface area (Å²) < 4.78 is 5.58. The first-order valence-electron chi connectivity index (χ1n) is 6.64. The Bertz CT molecular complexity index is 282. The summed E-state index contributed by atoms with van der Waals surface area (Å²) in [5, 5.41) is 0. The number of carbonyl (C=O) groups is 1. The Labute approximate surface area is 97.1 Å². The third-order valence-corrected chi connectivity index (χ3v) is 4.36. The smallest absolute Gasteiger partial charge is 0.225 e. The van der Waals surface area contributed by atoms with E-state index in [1.54, 1.807) is 0 Å². The van der Waals surface area contributed by atoms with Gasteiger partial charge in [-0.15, -0.1) is 0 Å². The molecule has 0 aromatic heterocycles. The molecule has 3 atom stereocenters. The van der Waals surface area contributed by atoms with Gasteiger partial charge in [-0.05, 0) is 44.4 Å². The van der Waals surface area contributed by atoms with E-state index < -0.39 is 0 Å². The summed E-state index contributed by atoms with van der Waals surface area (Å²) in [7, 11) is 0. The van der Waals surface area contributed by atoms with Gasteiger partial charge in [-0.2, -0.15) is 0 Å². The minimum atomic E-state index is 0.211. The summed E-state index contributed by atoms with van der Waals surface area (Å²) in [6.07, 6.45) is 4.92. The fraction of sp³-hybridized carbons (Fsp3) is 0.923. The van der Waals surface area contributed by atoms with E-state index >= 15 is 0 Å². The molecule has 0 spiro atoms. The van der Waals surface area contributed by atoms with Crippen LogP contribution in [0.4, 0.5) is 0 Å². The topological polar surface area (TPSA) is 29.5 Å². The van der Waals surface area contributed by atoms with Crippen molar-refractivity contribution in [2.45, 2.75) is 38.7 Å². The number of nitrogens with zero attached hydrogens (tertiary/aromatic N) is 1. The molecule has 0 bridgehead atoms. The maximum Gasteiger partial charge on any atom is 0.225 e. The van der Waals surface area contributed by atoms with Crippen molar-refractivity contribution in [2.24, 2.45) is 17.8 Å².